The van der Waals surface area contributed by atoms with Crippen LogP contribution in [0.15, 0.2) is 48.2 Å². The molecule has 1 saturated heterocycles. The molecule has 0 radical (unpaired) electrons. The molecule has 18 N–H and O–H groups in total. The van der Waals surface area contributed by atoms with Gasteiger partial charge in [0.05, 0.1) is 23.9 Å². The highest BCUT2D eigenvalue weighted by Gasteiger charge is 2.42. The van der Waals surface area contributed by atoms with E-state index < -0.39 is 125 Å². The summed E-state index contributed by atoms with van der Waals surface area (Å²) in [6.07, 6.45) is 7.56. The van der Waals surface area contributed by atoms with Gasteiger partial charge in [0.2, 0.25) is 53.2 Å². The fourth-order valence-electron chi connectivity index (χ4n) is 11.1. The van der Waals surface area contributed by atoms with Crippen LogP contribution in [-0.4, -0.2) is 156 Å². The molecular formula is C57H82N18O11. The standard InChI is InChI=1S/C57H82N18O11/c1-7-29(6)44-53(82)71-43(28(4)5)52(81)70-39-22-33-32-15-14-30(42(27(2)3)46(55(84)72-44)74-49(78)35-16-17-41(76)65-35)20-37(32)66-47(33)75-24-31(64-26-75)21-38(69-48(77)34(67-50(39)79)13-11-19-62-57(59)60)51(80)73-45(40-23-61-25-63-40)54(83)68-36(56(85)86)12-9-8-10-18-58/h14-15,20,23-29,34-36,38-39,42-46,66H,7-13,16-19,21-22,58H2,1-6H3,(H,61,63)(H,65,76)(H,67,79)(H,68,83)(H,69,77)(H,70,81)(H,71,82)(H,72,84)(H,73,80)(H,74,78)(H,85,86)(H4,59,60,62)/t29-,34-,35+,36-,38-,39-,42+,43+,44-,45-,46-/m0/s1. The van der Waals surface area contributed by atoms with E-state index in [1.807, 2.05) is 26.8 Å². The first-order valence-electron chi connectivity index (χ1n) is 29.3. The van der Waals surface area contributed by atoms with Gasteiger partial charge in [0.1, 0.15) is 66.5 Å². The Morgan fingerprint density at radius 2 is 1.56 bits per heavy atom. The van der Waals surface area contributed by atoms with Crippen LogP contribution in [0.1, 0.15) is 134 Å². The number of aliphatic carboxylic acids is 1. The molecule has 29 heteroatoms. The van der Waals surface area contributed by atoms with Gasteiger partial charge in [0.15, 0.2) is 5.96 Å². The number of rotatable bonds is 21. The lowest BCUT2D eigenvalue weighted by Gasteiger charge is -2.34. The first kappa shape index (κ1) is 64.7. The summed E-state index contributed by atoms with van der Waals surface area (Å²) < 4.78 is 1.60. The van der Waals surface area contributed by atoms with Gasteiger partial charge >= 0.3 is 5.97 Å². The van der Waals surface area contributed by atoms with E-state index in [4.69, 9.17) is 17.2 Å². The first-order chi connectivity index (χ1) is 41.0. The van der Waals surface area contributed by atoms with Crippen LogP contribution in [0.25, 0.3) is 16.7 Å². The van der Waals surface area contributed by atoms with Gasteiger partial charge in [-0.3, -0.25) is 52.7 Å². The van der Waals surface area contributed by atoms with Crippen molar-refractivity contribution in [3.8, 4) is 5.82 Å². The summed E-state index contributed by atoms with van der Waals surface area (Å²) >= 11 is 0. The Kier molecular flexibility index (Phi) is 22.0. The third-order valence-electron chi connectivity index (χ3n) is 16.1. The number of aromatic amines is 2. The minimum atomic E-state index is -1.56. The van der Waals surface area contributed by atoms with E-state index in [2.05, 4.69) is 72.8 Å². The minimum Gasteiger partial charge on any atom is -0.480 e. The maximum atomic E-state index is 15.2. The highest BCUT2D eigenvalue weighted by atomic mass is 16.4. The third kappa shape index (κ3) is 16.1. The lowest BCUT2D eigenvalue weighted by Crippen LogP contribution is -2.62. The number of amides is 9. The molecular weight excluding hydrogens is 1110 g/mol. The number of carbonyl (C=O) groups is 10. The summed E-state index contributed by atoms with van der Waals surface area (Å²) in [5, 5.41) is 35.6. The van der Waals surface area contributed by atoms with E-state index in [0.29, 0.717) is 60.1 Å². The molecule has 0 saturated carbocycles. The van der Waals surface area contributed by atoms with E-state index in [1.54, 1.807) is 43.7 Å². The average Bonchev–Trinajstić information content (AvgIpc) is 1.80. The van der Waals surface area contributed by atoms with Crippen molar-refractivity contribution in [1.29, 1.82) is 0 Å². The van der Waals surface area contributed by atoms with Gasteiger partial charge in [-0.15, -0.1) is 0 Å². The van der Waals surface area contributed by atoms with Crippen LogP contribution in [0, 0.1) is 17.8 Å². The second-order valence-corrected chi connectivity index (χ2v) is 23.1. The van der Waals surface area contributed by atoms with E-state index >= 15 is 9.59 Å². The number of hydrogen-bond acceptors (Lipinski definition) is 14. The fourth-order valence-corrected chi connectivity index (χ4v) is 11.1. The Morgan fingerprint density at radius 3 is 2.21 bits per heavy atom. The van der Waals surface area contributed by atoms with Crippen molar-refractivity contribution in [2.24, 2.45) is 39.9 Å². The quantitative estimate of drug-likeness (QED) is 0.0202. The second-order valence-electron chi connectivity index (χ2n) is 23.1. The molecule has 29 nitrogen and oxygen atoms in total. The van der Waals surface area contributed by atoms with E-state index in [0.717, 1.165) is 0 Å². The number of nitrogens with one attached hydrogen (secondary N) is 11. The number of carbonyl (C=O) groups excluding carboxylic acids is 9. The number of imidazole rings is 2. The van der Waals surface area contributed by atoms with Gasteiger partial charge < -0.3 is 80.1 Å². The summed E-state index contributed by atoms with van der Waals surface area (Å²) in [5.74, 6) is -10.0. The van der Waals surface area contributed by atoms with Crippen LogP contribution in [-0.2, 0) is 60.8 Å². The highest BCUT2D eigenvalue weighted by Crippen LogP contribution is 2.35. The average molecular weight is 1200 g/mol. The van der Waals surface area contributed by atoms with Crippen molar-refractivity contribution < 1.29 is 53.1 Å². The maximum Gasteiger partial charge on any atom is 0.326 e. The molecule has 1 fully saturated rings. The molecule has 0 spiro atoms. The molecule has 86 heavy (non-hydrogen) atoms. The van der Waals surface area contributed by atoms with Crippen molar-refractivity contribution >= 4 is 76.0 Å². The van der Waals surface area contributed by atoms with Crippen LogP contribution < -0.4 is 65.1 Å². The predicted octanol–water partition coefficient (Wildman–Crippen LogP) is -1.18. The van der Waals surface area contributed by atoms with Crippen LogP contribution in [0.2, 0.25) is 0 Å². The number of nitrogens with zero attached hydrogens (tertiary/aromatic N) is 4. The topological polar surface area (TPSA) is 452 Å². The zero-order chi connectivity index (χ0) is 62.5. The lowest BCUT2D eigenvalue weighted by atomic mass is 9.81. The van der Waals surface area contributed by atoms with Crippen LogP contribution in [0.4, 0.5) is 0 Å². The molecule has 8 rings (SSSR count). The molecule has 9 amide bonds. The van der Waals surface area contributed by atoms with E-state index in [1.165, 1.54) is 18.9 Å². The number of H-pyrrole nitrogens is 2. The largest absolute Gasteiger partial charge is 0.480 e. The van der Waals surface area contributed by atoms with Crippen LogP contribution in [0.5, 0.6) is 0 Å². The molecule has 7 heterocycles. The molecule has 0 aliphatic carbocycles. The summed E-state index contributed by atoms with van der Waals surface area (Å²) in [4.78, 5) is 161. The van der Waals surface area contributed by atoms with Gasteiger partial charge in [-0.25, -0.2) is 14.8 Å². The van der Waals surface area contributed by atoms with Crippen LogP contribution >= 0.6 is 0 Å². The van der Waals surface area contributed by atoms with Gasteiger partial charge in [-0.05, 0) is 68.0 Å². The molecule has 466 valence electrons. The summed E-state index contributed by atoms with van der Waals surface area (Å²) in [5.41, 5.74) is 18.8. The number of unbranched alkanes of at least 4 members (excludes halogenated alkanes) is 2. The van der Waals surface area contributed by atoms with Crippen molar-refractivity contribution in [3.05, 3.63) is 65.8 Å². The Bertz CT molecular complexity index is 3150. The smallest absolute Gasteiger partial charge is 0.326 e. The summed E-state index contributed by atoms with van der Waals surface area (Å²) in [6.45, 7) is 11.2. The number of benzene rings is 1. The Morgan fingerprint density at radius 1 is 0.814 bits per heavy atom. The highest BCUT2D eigenvalue weighted by molar-refractivity contribution is 6.00. The number of carboxylic acids is 1. The molecule has 4 aromatic rings. The van der Waals surface area contributed by atoms with Gasteiger partial charge in [-0.2, -0.15) is 0 Å². The number of aliphatic imine (C=N–C) groups is 1. The Hall–Kier alpha value is -8.89. The van der Waals surface area contributed by atoms with Crippen molar-refractivity contribution in [2.45, 2.75) is 172 Å². The maximum absolute atomic E-state index is 15.2. The van der Waals surface area contributed by atoms with Crippen molar-refractivity contribution in [1.82, 2.24) is 72.4 Å². The zero-order valence-electron chi connectivity index (χ0n) is 49.3. The van der Waals surface area contributed by atoms with Gasteiger partial charge in [-0.1, -0.05) is 72.9 Å². The minimum absolute atomic E-state index is 0.0207. The monoisotopic (exact) mass is 1190 g/mol. The molecule has 11 atom stereocenters. The zero-order valence-corrected chi connectivity index (χ0v) is 49.3. The first-order valence-corrected chi connectivity index (χ1v) is 29.3. The number of hydrogen-bond donors (Lipinski definition) is 15. The molecule has 0 unspecified atom stereocenters. The lowest BCUT2D eigenvalue weighted by molar-refractivity contribution is -0.142. The number of fused-ring (bicyclic) bond motifs is 13. The number of guanidine groups is 1. The molecule has 4 aliphatic rings. The van der Waals surface area contributed by atoms with Crippen molar-refractivity contribution in [2.75, 3.05) is 13.1 Å². The normalized spacial score (nSPS) is 23.2. The SMILES string of the molecule is CC[C@H](C)[C@@H]1NC(=O)[C@@H](NC(=O)[C@H]2CCC(=O)N2)[C@H](C(C)C)c2ccc3c4c([nH]c3c2)-n2cnc(c2)C[C@@H](C(=O)N[C@H](C(=O)N[C@@H](CCCCCN)C(=O)O)c2cnc[nH]2)NC(=O)[C@H](CCCN=C(N)N)NC(=O)[C@H](C4)NC(=O)[C@@H](C(C)C)NC1=O. The van der Waals surface area contributed by atoms with E-state index in [9.17, 15) is 43.5 Å². The number of nitrogens with two attached hydrogens (primary N) is 3. The molecule has 1 aromatic carbocycles. The predicted molar refractivity (Wildman–Crippen MR) is 314 cm³/mol. The molecule has 3 aromatic heterocycles. The summed E-state index contributed by atoms with van der Waals surface area (Å²) in [6, 6.07) is -6.72. The third-order valence-corrected chi connectivity index (χ3v) is 16.1. The Balaban J connectivity index is 1.37. The van der Waals surface area contributed by atoms with Crippen molar-refractivity contribution in [3.63, 3.8) is 0 Å². The van der Waals surface area contributed by atoms with Gasteiger partial charge in [0.25, 0.3) is 0 Å². The van der Waals surface area contributed by atoms with Crippen LogP contribution in [0.3, 0.4) is 0 Å². The van der Waals surface area contributed by atoms with E-state index in [-0.39, 0.29) is 80.7 Å². The second kappa shape index (κ2) is 29.3. The Labute approximate surface area is 496 Å². The fraction of sp³-hybridized carbons (Fsp3) is 0.561. The van der Waals surface area contributed by atoms with Gasteiger partial charge in [0, 0.05) is 54.4 Å². The molecule has 4 aliphatic heterocycles. The molecule has 7 bridgehead atoms. The summed E-state index contributed by atoms with van der Waals surface area (Å²) in [7, 11) is 0. The number of carboxylic acid groups (broad SMARTS) is 1. The number of aromatic nitrogens is 5.